The van der Waals surface area contributed by atoms with Crippen LogP contribution in [0.5, 0.6) is 5.75 Å². The number of halogens is 3. The molecule has 0 radical (unpaired) electrons. The van der Waals surface area contributed by atoms with E-state index in [1.807, 2.05) is 24.4 Å². The van der Waals surface area contributed by atoms with Crippen LogP contribution in [-0.2, 0) is 16.0 Å². The van der Waals surface area contributed by atoms with Crippen LogP contribution in [0.25, 0.3) is 16.8 Å². The lowest BCUT2D eigenvalue weighted by Crippen LogP contribution is -2.43. The van der Waals surface area contributed by atoms with E-state index in [1.165, 1.54) is 0 Å². The van der Waals surface area contributed by atoms with E-state index in [4.69, 9.17) is 37.4 Å². The molecule has 0 aliphatic heterocycles. The molecular weight excluding hydrogens is 609 g/mol. The number of carbonyl (C=O) groups is 2. The van der Waals surface area contributed by atoms with Crippen LogP contribution in [0, 0.1) is 5.92 Å². The van der Waals surface area contributed by atoms with Gasteiger partial charge in [-0.3, -0.25) is 4.40 Å². The Morgan fingerprint density at radius 2 is 1.62 bits per heavy atom. The third-order valence-corrected chi connectivity index (χ3v) is 6.27. The summed E-state index contributed by atoms with van der Waals surface area (Å²) in [5.74, 6) is 0.585. The smallest absolute Gasteiger partial charge is 0.420 e. The first kappa shape index (κ1) is 31.0. The zero-order chi connectivity index (χ0) is 29.3. The Morgan fingerprint density at radius 3 is 2.13 bits per heavy atom. The van der Waals surface area contributed by atoms with E-state index >= 15 is 0 Å². The number of pyridine rings is 1. The number of imidazole rings is 1. The number of hydrogen-bond acceptors (Lipinski definition) is 6. The second-order valence-corrected chi connectivity index (χ2v) is 13.2. The fourth-order valence-electron chi connectivity index (χ4n) is 3.59. The topological polar surface area (TPSA) is 82.4 Å². The summed E-state index contributed by atoms with van der Waals surface area (Å²) in [5.41, 5.74) is 0.533. The molecule has 0 spiro atoms. The highest BCUT2D eigenvalue weighted by molar-refractivity contribution is 9.10. The first-order chi connectivity index (χ1) is 18.0. The quantitative estimate of drug-likeness (QED) is 0.267. The maximum atomic E-state index is 13.4. The number of carbonyl (C=O) groups excluding carboxylic acids is 2. The largest absolute Gasteiger partial charge is 0.489 e. The lowest BCUT2D eigenvalue weighted by atomic mass is 10.00. The fraction of sp³-hybridized carbons (Fsp3) is 0.464. The minimum Gasteiger partial charge on any atom is -0.489 e. The lowest BCUT2D eigenvalue weighted by molar-refractivity contribution is -0.000335. The molecule has 0 aliphatic rings. The first-order valence-corrected chi connectivity index (χ1v) is 14.0. The third kappa shape index (κ3) is 8.02. The van der Waals surface area contributed by atoms with E-state index in [-0.39, 0.29) is 12.5 Å². The average molecular weight is 643 g/mol. The van der Waals surface area contributed by atoms with Crippen molar-refractivity contribution in [2.75, 3.05) is 6.61 Å². The number of rotatable bonds is 6. The van der Waals surface area contributed by atoms with Gasteiger partial charge in [0.25, 0.3) is 0 Å². The summed E-state index contributed by atoms with van der Waals surface area (Å²) in [4.78, 5) is 32.2. The summed E-state index contributed by atoms with van der Waals surface area (Å²) in [6.07, 6.45) is 1.75. The average Bonchev–Trinajstić information content (AvgIpc) is 3.13. The Kier molecular flexibility index (Phi) is 9.51. The van der Waals surface area contributed by atoms with Crippen molar-refractivity contribution in [1.82, 2.24) is 14.3 Å². The molecule has 3 aromatic rings. The van der Waals surface area contributed by atoms with Gasteiger partial charge in [-0.2, -0.15) is 0 Å². The van der Waals surface area contributed by atoms with E-state index in [2.05, 4.69) is 20.9 Å². The van der Waals surface area contributed by atoms with Gasteiger partial charge < -0.3 is 14.2 Å². The molecule has 0 bridgehead atoms. The molecule has 39 heavy (non-hydrogen) atoms. The molecule has 1 aromatic carbocycles. The minimum atomic E-state index is -0.857. The van der Waals surface area contributed by atoms with Gasteiger partial charge in [0.2, 0.25) is 0 Å². The molecule has 0 saturated heterocycles. The Balaban J connectivity index is 2.31. The van der Waals surface area contributed by atoms with Crippen molar-refractivity contribution in [3.8, 4) is 16.9 Å². The van der Waals surface area contributed by atoms with Crippen molar-refractivity contribution < 1.29 is 23.8 Å². The van der Waals surface area contributed by atoms with E-state index in [1.54, 1.807) is 65.9 Å². The van der Waals surface area contributed by atoms with E-state index in [0.717, 1.165) is 4.90 Å². The van der Waals surface area contributed by atoms with Gasteiger partial charge in [0.05, 0.1) is 19.3 Å². The number of ether oxygens (including phenoxy) is 3. The molecule has 0 atom stereocenters. The predicted octanol–water partition coefficient (Wildman–Crippen LogP) is 8.78. The Bertz CT molecular complexity index is 1350. The zero-order valence-corrected chi connectivity index (χ0v) is 26.5. The summed E-state index contributed by atoms with van der Waals surface area (Å²) in [5, 5.41) is 0.853. The van der Waals surface area contributed by atoms with E-state index in [9.17, 15) is 9.59 Å². The molecule has 0 aliphatic carbocycles. The number of benzene rings is 1. The number of imide groups is 1. The van der Waals surface area contributed by atoms with Crippen LogP contribution in [0.3, 0.4) is 0 Å². The Morgan fingerprint density at radius 1 is 1.03 bits per heavy atom. The van der Waals surface area contributed by atoms with Crippen LogP contribution in [0.1, 0.15) is 61.0 Å². The van der Waals surface area contributed by atoms with Crippen molar-refractivity contribution in [1.29, 1.82) is 0 Å². The van der Waals surface area contributed by atoms with E-state index < -0.39 is 23.4 Å². The van der Waals surface area contributed by atoms with Gasteiger partial charge in [-0.05, 0) is 75.5 Å². The van der Waals surface area contributed by atoms with Crippen LogP contribution in [0.2, 0.25) is 10.0 Å². The van der Waals surface area contributed by atoms with Crippen molar-refractivity contribution in [2.45, 2.75) is 73.1 Å². The molecule has 11 heteroatoms. The molecule has 0 N–H and O–H groups in total. The summed E-state index contributed by atoms with van der Waals surface area (Å²) in [6, 6.07) is 5.12. The highest BCUT2D eigenvalue weighted by Gasteiger charge is 2.34. The van der Waals surface area contributed by atoms with Gasteiger partial charge >= 0.3 is 12.2 Å². The molecule has 3 rings (SSSR count). The predicted molar refractivity (Wildman–Crippen MR) is 157 cm³/mol. The minimum absolute atomic E-state index is 0.187. The maximum absolute atomic E-state index is 13.4. The first-order valence-electron chi connectivity index (χ1n) is 12.5. The number of hydrogen-bond donors (Lipinski definition) is 0. The summed E-state index contributed by atoms with van der Waals surface area (Å²) >= 11 is 16.4. The van der Waals surface area contributed by atoms with Gasteiger partial charge in [-0.1, -0.05) is 43.1 Å². The summed E-state index contributed by atoms with van der Waals surface area (Å²) in [7, 11) is 0. The van der Waals surface area contributed by atoms with Crippen molar-refractivity contribution >= 4 is 57.0 Å². The van der Waals surface area contributed by atoms with Gasteiger partial charge in [0.15, 0.2) is 11.4 Å². The standard InChI is InChI=1S/C28H34BrCl2N3O5/c1-16(2)15-37-23-20(14-34(25(35)38-27(3,4)5)26(36)39-28(6,7)8)19(13-33-22(29)12-32-24(23)33)18-10-9-17(30)11-21(18)31/h9-13,16H,14-15H2,1-8H3. The van der Waals surface area contributed by atoms with Crippen LogP contribution >= 0.6 is 39.1 Å². The molecule has 8 nitrogen and oxygen atoms in total. The van der Waals surface area contributed by atoms with Gasteiger partial charge in [0.1, 0.15) is 15.8 Å². The number of fused-ring (bicyclic) bond motifs is 1. The van der Waals surface area contributed by atoms with Crippen molar-refractivity contribution in [3.63, 3.8) is 0 Å². The van der Waals surface area contributed by atoms with Gasteiger partial charge in [-0.15, -0.1) is 0 Å². The molecule has 2 aromatic heterocycles. The normalized spacial score (nSPS) is 12.1. The summed E-state index contributed by atoms with van der Waals surface area (Å²) in [6.45, 7) is 14.5. The van der Waals surface area contributed by atoms with Crippen LogP contribution in [-0.4, -0.2) is 44.3 Å². The highest BCUT2D eigenvalue weighted by Crippen LogP contribution is 2.40. The summed E-state index contributed by atoms with van der Waals surface area (Å²) < 4.78 is 20.0. The number of nitrogens with zero attached hydrogens (tertiary/aromatic N) is 3. The molecule has 2 amide bonds. The zero-order valence-electron chi connectivity index (χ0n) is 23.4. The molecule has 0 saturated carbocycles. The molecule has 0 unspecified atom stereocenters. The molecular formula is C28H34BrCl2N3O5. The third-order valence-electron chi connectivity index (χ3n) is 5.14. The van der Waals surface area contributed by atoms with Crippen LogP contribution < -0.4 is 4.74 Å². The molecule has 0 fully saturated rings. The highest BCUT2D eigenvalue weighted by atomic mass is 79.9. The number of aromatic nitrogens is 2. The molecule has 212 valence electrons. The second kappa shape index (κ2) is 11.9. The fourth-order valence-corrected chi connectivity index (χ4v) is 4.47. The Hall–Kier alpha value is -2.49. The van der Waals surface area contributed by atoms with Crippen LogP contribution in [0.4, 0.5) is 9.59 Å². The SMILES string of the molecule is CC(C)COc1c(CN(C(=O)OC(C)(C)C)C(=O)OC(C)(C)C)c(-c2ccc(Cl)cc2Cl)cn2c(Br)cnc12. The second-order valence-electron chi connectivity index (χ2n) is 11.5. The van der Waals surface area contributed by atoms with Crippen molar-refractivity contribution in [2.24, 2.45) is 5.92 Å². The lowest BCUT2D eigenvalue weighted by Gasteiger charge is -2.30. The monoisotopic (exact) mass is 641 g/mol. The number of amides is 2. The van der Waals surface area contributed by atoms with Gasteiger partial charge in [0, 0.05) is 32.9 Å². The van der Waals surface area contributed by atoms with E-state index in [0.29, 0.717) is 49.3 Å². The molecule has 2 heterocycles. The maximum Gasteiger partial charge on any atom is 0.420 e. The Labute approximate surface area is 247 Å². The van der Waals surface area contributed by atoms with Crippen LogP contribution in [0.15, 0.2) is 35.2 Å². The van der Waals surface area contributed by atoms with Gasteiger partial charge in [-0.25, -0.2) is 19.5 Å². The van der Waals surface area contributed by atoms with Crippen molar-refractivity contribution in [3.05, 3.63) is 50.8 Å².